The van der Waals surface area contributed by atoms with Gasteiger partial charge in [0.15, 0.2) is 0 Å². The summed E-state index contributed by atoms with van der Waals surface area (Å²) in [5.74, 6) is 0. The van der Waals surface area contributed by atoms with E-state index in [1.807, 2.05) is 0 Å². The molecule has 304 valence electrons. The van der Waals surface area contributed by atoms with Crippen LogP contribution in [0.3, 0.4) is 0 Å². The lowest BCUT2D eigenvalue weighted by Gasteiger charge is -2.26. The second kappa shape index (κ2) is 16.4. The lowest BCUT2D eigenvalue weighted by atomic mass is 9.78. The minimum Gasteiger partial charge on any atom is -0.311 e. The van der Waals surface area contributed by atoms with Gasteiger partial charge in [-0.05, 0) is 144 Å². The van der Waals surface area contributed by atoms with Crippen molar-refractivity contribution in [1.82, 2.24) is 0 Å². The summed E-state index contributed by atoms with van der Waals surface area (Å²) in [5.41, 5.74) is 23.2. The van der Waals surface area contributed by atoms with Crippen LogP contribution >= 0.6 is 0 Å². The van der Waals surface area contributed by atoms with Gasteiger partial charge in [0.2, 0.25) is 0 Å². The molecule has 1 aliphatic carbocycles. The molecule has 0 atom stereocenters. The SMILES string of the molecule is CC1(C)c2ccc(-c3ccccc3)cc2-c2cc(-c3ccccc3)cc(-c3ccc(-c4ccc(N(c5ccc(-c6ccccc6)cc5)c5ccc(-c6ccccc6)cc5)cc4)cc3)c21. The third kappa shape index (κ3) is 7.21. The molecule has 0 radical (unpaired) electrons. The van der Waals surface area contributed by atoms with Crippen LogP contribution in [0.25, 0.3) is 77.9 Å². The van der Waals surface area contributed by atoms with Gasteiger partial charge in [0.1, 0.15) is 0 Å². The van der Waals surface area contributed by atoms with Gasteiger partial charge >= 0.3 is 0 Å². The van der Waals surface area contributed by atoms with E-state index in [0.717, 1.165) is 17.1 Å². The molecular formula is C63H47N. The van der Waals surface area contributed by atoms with Crippen LogP contribution in [0.5, 0.6) is 0 Å². The zero-order valence-corrected chi connectivity index (χ0v) is 36.1. The van der Waals surface area contributed by atoms with Gasteiger partial charge in [0, 0.05) is 22.5 Å². The highest BCUT2D eigenvalue weighted by molar-refractivity contribution is 5.94. The molecule has 10 aromatic rings. The van der Waals surface area contributed by atoms with Gasteiger partial charge in [-0.15, -0.1) is 0 Å². The lowest BCUT2D eigenvalue weighted by molar-refractivity contribution is 0.662. The Kier molecular flexibility index (Phi) is 9.94. The van der Waals surface area contributed by atoms with Gasteiger partial charge in [-0.3, -0.25) is 0 Å². The van der Waals surface area contributed by atoms with E-state index in [9.17, 15) is 0 Å². The molecule has 0 N–H and O–H groups in total. The molecule has 11 rings (SSSR count). The smallest absolute Gasteiger partial charge is 0.0462 e. The summed E-state index contributed by atoms with van der Waals surface area (Å²) in [5, 5.41) is 0. The van der Waals surface area contributed by atoms with Crippen LogP contribution in [0.15, 0.2) is 249 Å². The van der Waals surface area contributed by atoms with E-state index in [4.69, 9.17) is 0 Å². The van der Waals surface area contributed by atoms with Crippen LogP contribution in [-0.4, -0.2) is 0 Å². The minimum absolute atomic E-state index is 0.172. The molecule has 0 bridgehead atoms. The predicted octanol–water partition coefficient (Wildman–Crippen LogP) is 17.5. The fraction of sp³-hybridized carbons (Fsp3) is 0.0476. The molecule has 0 saturated carbocycles. The molecular weight excluding hydrogens is 771 g/mol. The Hall–Kier alpha value is -8.00. The topological polar surface area (TPSA) is 3.24 Å². The molecule has 1 aliphatic rings. The predicted molar refractivity (Wildman–Crippen MR) is 271 cm³/mol. The van der Waals surface area contributed by atoms with E-state index in [2.05, 4.69) is 267 Å². The summed E-state index contributed by atoms with van der Waals surface area (Å²) < 4.78 is 0. The van der Waals surface area contributed by atoms with Crippen molar-refractivity contribution in [2.45, 2.75) is 19.3 Å². The maximum atomic E-state index is 2.42. The van der Waals surface area contributed by atoms with Crippen molar-refractivity contribution in [2.75, 3.05) is 4.90 Å². The number of benzene rings is 10. The molecule has 1 heteroatoms. The third-order valence-corrected chi connectivity index (χ3v) is 13.1. The average molecular weight is 818 g/mol. The first kappa shape index (κ1) is 38.9. The van der Waals surface area contributed by atoms with Crippen LogP contribution in [-0.2, 0) is 5.41 Å². The fourth-order valence-electron chi connectivity index (χ4n) is 9.77. The maximum absolute atomic E-state index is 2.42. The molecule has 64 heavy (non-hydrogen) atoms. The highest BCUT2D eigenvalue weighted by Gasteiger charge is 2.38. The Balaban J connectivity index is 0.947. The van der Waals surface area contributed by atoms with E-state index >= 15 is 0 Å². The van der Waals surface area contributed by atoms with Crippen molar-refractivity contribution in [1.29, 1.82) is 0 Å². The number of fused-ring (bicyclic) bond motifs is 3. The molecule has 0 unspecified atom stereocenters. The van der Waals surface area contributed by atoms with Crippen molar-refractivity contribution in [3.05, 3.63) is 260 Å². The fourth-order valence-corrected chi connectivity index (χ4v) is 9.77. The first-order valence-electron chi connectivity index (χ1n) is 22.2. The van der Waals surface area contributed by atoms with Crippen molar-refractivity contribution in [3.63, 3.8) is 0 Å². The van der Waals surface area contributed by atoms with Crippen LogP contribution in [0.2, 0.25) is 0 Å². The van der Waals surface area contributed by atoms with Crippen molar-refractivity contribution >= 4 is 17.1 Å². The first-order valence-corrected chi connectivity index (χ1v) is 22.2. The summed E-state index contributed by atoms with van der Waals surface area (Å²) in [6.07, 6.45) is 0. The Labute approximate surface area is 377 Å². The Morgan fingerprint density at radius 2 is 0.547 bits per heavy atom. The van der Waals surface area contributed by atoms with Gasteiger partial charge in [-0.2, -0.15) is 0 Å². The quantitative estimate of drug-likeness (QED) is 0.140. The normalized spacial score (nSPS) is 12.3. The van der Waals surface area contributed by atoms with Crippen LogP contribution in [0.4, 0.5) is 17.1 Å². The molecule has 0 aromatic heterocycles. The molecule has 0 spiro atoms. The van der Waals surface area contributed by atoms with Gasteiger partial charge < -0.3 is 4.90 Å². The molecule has 1 nitrogen and oxygen atoms in total. The lowest BCUT2D eigenvalue weighted by Crippen LogP contribution is -2.16. The molecule has 0 aliphatic heterocycles. The highest BCUT2D eigenvalue weighted by atomic mass is 15.1. The van der Waals surface area contributed by atoms with Gasteiger partial charge in [-0.1, -0.05) is 208 Å². The number of rotatable bonds is 9. The number of nitrogens with zero attached hydrogens (tertiary/aromatic N) is 1. The molecule has 0 fully saturated rings. The van der Waals surface area contributed by atoms with Crippen molar-refractivity contribution in [2.24, 2.45) is 0 Å². The summed E-state index contributed by atoms with van der Waals surface area (Å²) in [6.45, 7) is 4.78. The Morgan fingerprint density at radius 3 is 0.969 bits per heavy atom. The summed E-state index contributed by atoms with van der Waals surface area (Å²) in [7, 11) is 0. The second-order valence-electron chi connectivity index (χ2n) is 17.3. The van der Waals surface area contributed by atoms with Crippen molar-refractivity contribution in [3.8, 4) is 77.9 Å². The second-order valence-corrected chi connectivity index (χ2v) is 17.3. The van der Waals surface area contributed by atoms with E-state index in [1.165, 1.54) is 89.0 Å². The first-order chi connectivity index (χ1) is 31.5. The zero-order chi connectivity index (χ0) is 43.0. The van der Waals surface area contributed by atoms with E-state index in [1.54, 1.807) is 0 Å². The average Bonchev–Trinajstić information content (AvgIpc) is 3.60. The molecule has 0 amide bonds. The molecule has 10 aromatic carbocycles. The summed E-state index contributed by atoms with van der Waals surface area (Å²) in [4.78, 5) is 2.35. The number of hydrogen-bond acceptors (Lipinski definition) is 1. The van der Waals surface area contributed by atoms with Crippen LogP contribution < -0.4 is 4.90 Å². The minimum atomic E-state index is -0.172. The van der Waals surface area contributed by atoms with Gasteiger partial charge in [-0.25, -0.2) is 0 Å². The number of hydrogen-bond donors (Lipinski definition) is 0. The molecule has 0 heterocycles. The maximum Gasteiger partial charge on any atom is 0.0462 e. The van der Waals surface area contributed by atoms with E-state index < -0.39 is 0 Å². The monoisotopic (exact) mass is 817 g/mol. The number of anilines is 3. The third-order valence-electron chi connectivity index (χ3n) is 13.1. The van der Waals surface area contributed by atoms with E-state index in [-0.39, 0.29) is 5.41 Å². The zero-order valence-electron chi connectivity index (χ0n) is 36.1. The Bertz CT molecular complexity index is 3120. The summed E-state index contributed by atoms with van der Waals surface area (Å²) in [6, 6.07) is 90.6. The summed E-state index contributed by atoms with van der Waals surface area (Å²) >= 11 is 0. The van der Waals surface area contributed by atoms with E-state index in [0.29, 0.717) is 0 Å². The Morgan fingerprint density at radius 1 is 0.250 bits per heavy atom. The van der Waals surface area contributed by atoms with Gasteiger partial charge in [0.25, 0.3) is 0 Å². The van der Waals surface area contributed by atoms with Gasteiger partial charge in [0.05, 0.1) is 0 Å². The van der Waals surface area contributed by atoms with Crippen molar-refractivity contribution < 1.29 is 0 Å². The molecule has 0 saturated heterocycles. The highest BCUT2D eigenvalue weighted by Crippen LogP contribution is 2.54. The largest absolute Gasteiger partial charge is 0.311 e. The van der Waals surface area contributed by atoms with Crippen LogP contribution in [0, 0.1) is 0 Å². The standard InChI is InChI=1S/C63H47N/c1-63(2)61-40-33-53(46-19-11-5-12-20-46)41-59(61)60-43-54(47-21-13-6-14-22-47)42-58(62(60)63)52-25-23-48(24-26-52)51-31-38-57(39-32-51)64(55-34-27-49(28-35-55)44-15-7-3-8-16-44)56-36-29-50(30-37-56)45-17-9-4-10-18-45/h3-43H,1-2H3. The van der Waals surface area contributed by atoms with Crippen LogP contribution in [0.1, 0.15) is 25.0 Å².